The van der Waals surface area contributed by atoms with Gasteiger partial charge in [-0.05, 0) is 54.8 Å². The van der Waals surface area contributed by atoms with Gasteiger partial charge >= 0.3 is 0 Å². The van der Waals surface area contributed by atoms with Crippen LogP contribution >= 0.6 is 0 Å². The normalized spacial score (nSPS) is 22.6. The van der Waals surface area contributed by atoms with Gasteiger partial charge in [-0.15, -0.1) is 0 Å². The van der Waals surface area contributed by atoms with Crippen molar-refractivity contribution in [2.45, 2.75) is 32.2 Å². The van der Waals surface area contributed by atoms with Crippen molar-refractivity contribution in [1.29, 1.82) is 0 Å². The molecule has 1 aromatic heterocycles. The summed E-state index contributed by atoms with van der Waals surface area (Å²) in [5.74, 6) is 2.71. The number of methoxy groups -OCH3 is 1. The molecule has 0 bridgehead atoms. The number of nitrogens with one attached hydrogen (secondary N) is 1. The van der Waals surface area contributed by atoms with Gasteiger partial charge < -0.3 is 10.1 Å². The number of hydrogen-bond acceptors (Lipinski definition) is 3. The molecule has 3 nitrogen and oxygen atoms in total. The third-order valence-electron chi connectivity index (χ3n) is 4.01. The minimum atomic E-state index is 0.565. The average Bonchev–Trinajstić information content (AvgIpc) is 2.84. The highest BCUT2D eigenvalue weighted by atomic mass is 16.5. The van der Waals surface area contributed by atoms with Crippen LogP contribution in [0.25, 0.3) is 10.8 Å². The molecule has 1 aromatic carbocycles. The molecule has 0 aliphatic heterocycles. The molecule has 19 heavy (non-hydrogen) atoms. The second-order valence-electron chi connectivity index (χ2n) is 5.51. The summed E-state index contributed by atoms with van der Waals surface area (Å²) in [6.45, 7) is 2.32. The maximum Gasteiger partial charge on any atom is 0.134 e. The molecule has 1 N–H and O–H groups in total. The van der Waals surface area contributed by atoms with Crippen molar-refractivity contribution in [3.05, 3.63) is 30.5 Å². The highest BCUT2D eigenvalue weighted by Gasteiger charge is 2.21. The number of anilines is 1. The van der Waals surface area contributed by atoms with Gasteiger partial charge in [0.2, 0.25) is 0 Å². The van der Waals surface area contributed by atoms with Gasteiger partial charge in [0.15, 0.2) is 0 Å². The van der Waals surface area contributed by atoms with Crippen LogP contribution in [-0.2, 0) is 0 Å². The fourth-order valence-electron chi connectivity index (χ4n) is 2.93. The molecule has 1 heterocycles. The van der Waals surface area contributed by atoms with Crippen molar-refractivity contribution in [2.75, 3.05) is 12.4 Å². The SMILES string of the molecule is COc1ccc2c(NC3CCC(C)C3)nccc2c1. The summed E-state index contributed by atoms with van der Waals surface area (Å²) in [6.07, 6.45) is 5.67. The van der Waals surface area contributed by atoms with Crippen molar-refractivity contribution < 1.29 is 4.74 Å². The lowest BCUT2D eigenvalue weighted by atomic mass is 10.1. The first-order valence-corrected chi connectivity index (χ1v) is 6.95. The number of pyridine rings is 1. The van der Waals surface area contributed by atoms with Crippen LogP contribution in [0, 0.1) is 5.92 Å². The van der Waals surface area contributed by atoms with Crippen molar-refractivity contribution in [3.8, 4) is 5.75 Å². The molecule has 1 aliphatic rings. The number of fused-ring (bicyclic) bond motifs is 1. The number of benzene rings is 1. The molecular formula is C16H20N2O. The zero-order chi connectivity index (χ0) is 13.2. The number of hydrogen-bond donors (Lipinski definition) is 1. The lowest BCUT2D eigenvalue weighted by Crippen LogP contribution is -2.16. The second kappa shape index (κ2) is 5.08. The van der Waals surface area contributed by atoms with Crippen LogP contribution in [0.1, 0.15) is 26.2 Å². The first kappa shape index (κ1) is 12.3. The smallest absolute Gasteiger partial charge is 0.134 e. The molecule has 1 aliphatic carbocycles. The van der Waals surface area contributed by atoms with Crippen molar-refractivity contribution in [1.82, 2.24) is 4.98 Å². The quantitative estimate of drug-likeness (QED) is 0.906. The van der Waals surface area contributed by atoms with E-state index >= 15 is 0 Å². The van der Waals surface area contributed by atoms with E-state index in [-0.39, 0.29) is 0 Å². The van der Waals surface area contributed by atoms with Gasteiger partial charge in [0, 0.05) is 17.6 Å². The summed E-state index contributed by atoms with van der Waals surface area (Å²) in [6, 6.07) is 8.73. The third kappa shape index (κ3) is 2.50. The molecule has 2 atom stereocenters. The van der Waals surface area contributed by atoms with Crippen LogP contribution in [0.15, 0.2) is 30.5 Å². The molecule has 0 amide bonds. The monoisotopic (exact) mass is 256 g/mol. The highest BCUT2D eigenvalue weighted by Crippen LogP contribution is 2.30. The molecule has 0 spiro atoms. The van der Waals surface area contributed by atoms with Gasteiger partial charge in [-0.1, -0.05) is 6.92 Å². The Morgan fingerprint density at radius 2 is 2.16 bits per heavy atom. The number of ether oxygens (including phenoxy) is 1. The van der Waals surface area contributed by atoms with E-state index in [1.807, 2.05) is 18.3 Å². The predicted octanol–water partition coefficient (Wildman–Crippen LogP) is 3.84. The maximum atomic E-state index is 5.27. The fourth-order valence-corrected chi connectivity index (χ4v) is 2.93. The lowest BCUT2D eigenvalue weighted by Gasteiger charge is -2.15. The first-order valence-electron chi connectivity index (χ1n) is 6.95. The van der Waals surface area contributed by atoms with Crippen LogP contribution in [0.5, 0.6) is 5.75 Å². The van der Waals surface area contributed by atoms with Crippen LogP contribution in [0.3, 0.4) is 0 Å². The van der Waals surface area contributed by atoms with Gasteiger partial charge in [0.05, 0.1) is 7.11 Å². The van der Waals surface area contributed by atoms with Crippen LogP contribution in [-0.4, -0.2) is 18.1 Å². The van der Waals surface area contributed by atoms with Crippen molar-refractivity contribution in [3.63, 3.8) is 0 Å². The summed E-state index contributed by atoms with van der Waals surface area (Å²) in [5, 5.41) is 5.94. The minimum absolute atomic E-state index is 0.565. The van der Waals surface area contributed by atoms with E-state index in [2.05, 4.69) is 29.4 Å². The Morgan fingerprint density at radius 1 is 1.26 bits per heavy atom. The molecule has 1 saturated carbocycles. The van der Waals surface area contributed by atoms with E-state index in [0.29, 0.717) is 6.04 Å². The average molecular weight is 256 g/mol. The van der Waals surface area contributed by atoms with Crippen LogP contribution < -0.4 is 10.1 Å². The van der Waals surface area contributed by atoms with E-state index < -0.39 is 0 Å². The summed E-state index contributed by atoms with van der Waals surface area (Å²) < 4.78 is 5.27. The first-order chi connectivity index (χ1) is 9.26. The van der Waals surface area contributed by atoms with E-state index in [1.54, 1.807) is 7.11 Å². The Morgan fingerprint density at radius 3 is 2.89 bits per heavy atom. The minimum Gasteiger partial charge on any atom is -0.497 e. The van der Waals surface area contributed by atoms with E-state index in [0.717, 1.165) is 17.5 Å². The number of aromatic nitrogens is 1. The van der Waals surface area contributed by atoms with Crippen LogP contribution in [0.4, 0.5) is 5.82 Å². The third-order valence-corrected chi connectivity index (χ3v) is 4.01. The molecule has 0 radical (unpaired) electrons. The number of rotatable bonds is 3. The largest absolute Gasteiger partial charge is 0.497 e. The summed E-state index contributed by atoms with van der Waals surface area (Å²) in [5.41, 5.74) is 0. The molecular weight excluding hydrogens is 236 g/mol. The van der Waals surface area contributed by atoms with Crippen molar-refractivity contribution >= 4 is 16.6 Å². The zero-order valence-electron chi connectivity index (χ0n) is 11.5. The molecule has 3 heteroatoms. The lowest BCUT2D eigenvalue weighted by molar-refractivity contribution is 0.415. The zero-order valence-corrected chi connectivity index (χ0v) is 11.5. The van der Waals surface area contributed by atoms with Gasteiger partial charge in [0.1, 0.15) is 11.6 Å². The summed E-state index contributed by atoms with van der Waals surface area (Å²) in [4.78, 5) is 4.50. The molecule has 2 unspecified atom stereocenters. The summed E-state index contributed by atoms with van der Waals surface area (Å²) >= 11 is 0. The number of nitrogens with zero attached hydrogens (tertiary/aromatic N) is 1. The maximum absolute atomic E-state index is 5.27. The van der Waals surface area contributed by atoms with Gasteiger partial charge in [-0.3, -0.25) is 0 Å². The fraction of sp³-hybridized carbons (Fsp3) is 0.438. The predicted molar refractivity (Wildman–Crippen MR) is 78.7 cm³/mol. The molecule has 1 fully saturated rings. The van der Waals surface area contributed by atoms with Crippen molar-refractivity contribution in [2.24, 2.45) is 5.92 Å². The summed E-state index contributed by atoms with van der Waals surface area (Å²) in [7, 11) is 1.70. The topological polar surface area (TPSA) is 34.1 Å². The Labute approximate surface area is 114 Å². The molecule has 0 saturated heterocycles. The Kier molecular flexibility index (Phi) is 3.28. The van der Waals surface area contributed by atoms with E-state index in [1.165, 1.54) is 30.0 Å². The van der Waals surface area contributed by atoms with Gasteiger partial charge in [0.25, 0.3) is 0 Å². The standard InChI is InChI=1S/C16H20N2O/c1-11-3-4-13(9-11)18-16-15-6-5-14(19-2)10-12(15)7-8-17-16/h5-8,10-11,13H,3-4,9H2,1-2H3,(H,17,18). The van der Waals surface area contributed by atoms with Gasteiger partial charge in [-0.2, -0.15) is 0 Å². The second-order valence-corrected chi connectivity index (χ2v) is 5.51. The highest BCUT2D eigenvalue weighted by molar-refractivity contribution is 5.92. The molecule has 3 rings (SSSR count). The van der Waals surface area contributed by atoms with E-state index in [9.17, 15) is 0 Å². The molecule has 2 aromatic rings. The van der Waals surface area contributed by atoms with Gasteiger partial charge in [-0.25, -0.2) is 4.98 Å². The molecule has 100 valence electrons. The Bertz CT molecular complexity index is 582. The van der Waals surface area contributed by atoms with E-state index in [4.69, 9.17) is 4.74 Å². The Balaban J connectivity index is 1.90. The van der Waals surface area contributed by atoms with Crippen LogP contribution in [0.2, 0.25) is 0 Å². The Hall–Kier alpha value is -1.77.